The van der Waals surface area contributed by atoms with E-state index in [2.05, 4.69) is 34.9 Å². The standard InChI is InChI=1S/C37H46N4O4/c1-5-6-35(41-23-17-29(18-24-41)36(42)28-9-14-33(45-4)15-10-28)34-16-11-30(25-38-34)37(43)39(2)31-19-21-40(22-20-31)26-27-7-12-32(44-3)13-8-27/h6-16,25,29,31H,5,17-24,26H2,1-4H3/b35-6-. The average Bonchev–Trinajstić information content (AvgIpc) is 3.10. The van der Waals surface area contributed by atoms with E-state index in [0.717, 1.165) is 93.3 Å². The molecule has 8 nitrogen and oxygen atoms in total. The van der Waals surface area contributed by atoms with Crippen LogP contribution >= 0.6 is 0 Å². The van der Waals surface area contributed by atoms with Crippen molar-refractivity contribution in [3.05, 3.63) is 95.3 Å². The van der Waals surface area contributed by atoms with E-state index in [1.54, 1.807) is 20.4 Å². The van der Waals surface area contributed by atoms with Crippen LogP contribution in [0, 0.1) is 5.92 Å². The molecule has 2 aliphatic heterocycles. The summed E-state index contributed by atoms with van der Waals surface area (Å²) in [7, 11) is 5.23. The van der Waals surface area contributed by atoms with Crippen LogP contribution in [0.25, 0.3) is 5.70 Å². The van der Waals surface area contributed by atoms with E-state index in [1.807, 2.05) is 60.5 Å². The Balaban J connectivity index is 1.14. The van der Waals surface area contributed by atoms with Gasteiger partial charge in [-0.1, -0.05) is 25.1 Å². The van der Waals surface area contributed by atoms with Gasteiger partial charge < -0.3 is 19.3 Å². The summed E-state index contributed by atoms with van der Waals surface area (Å²) in [5.74, 6) is 1.85. The van der Waals surface area contributed by atoms with Crippen molar-refractivity contribution in [1.29, 1.82) is 0 Å². The van der Waals surface area contributed by atoms with E-state index < -0.39 is 0 Å². The smallest absolute Gasteiger partial charge is 0.255 e. The van der Waals surface area contributed by atoms with Crippen molar-refractivity contribution in [2.45, 2.75) is 51.6 Å². The zero-order valence-electron chi connectivity index (χ0n) is 27.1. The number of carbonyl (C=O) groups excluding carboxylic acids is 2. The molecule has 5 rings (SSSR count). The van der Waals surface area contributed by atoms with E-state index in [0.29, 0.717) is 5.56 Å². The van der Waals surface area contributed by atoms with Crippen molar-refractivity contribution in [2.24, 2.45) is 5.92 Å². The maximum Gasteiger partial charge on any atom is 0.255 e. The van der Waals surface area contributed by atoms with E-state index in [1.165, 1.54) is 5.56 Å². The normalized spacial score (nSPS) is 16.8. The third kappa shape index (κ3) is 7.92. The van der Waals surface area contributed by atoms with Gasteiger partial charge in [0.2, 0.25) is 0 Å². The molecular formula is C37H46N4O4. The Kier molecular flexibility index (Phi) is 10.9. The third-order valence-electron chi connectivity index (χ3n) is 9.24. The number of likely N-dealkylation sites (tertiary alicyclic amines) is 2. The second-order valence-electron chi connectivity index (χ2n) is 12.1. The Morgan fingerprint density at radius 3 is 2.00 bits per heavy atom. The summed E-state index contributed by atoms with van der Waals surface area (Å²) in [6, 6.07) is 19.7. The maximum atomic E-state index is 13.4. The summed E-state index contributed by atoms with van der Waals surface area (Å²) < 4.78 is 10.5. The zero-order chi connectivity index (χ0) is 31.8. The number of benzene rings is 2. The minimum absolute atomic E-state index is 0.00956. The van der Waals surface area contributed by atoms with Crippen LogP contribution in [0.15, 0.2) is 72.9 Å². The van der Waals surface area contributed by atoms with Crippen molar-refractivity contribution in [1.82, 2.24) is 19.7 Å². The van der Waals surface area contributed by atoms with Crippen molar-refractivity contribution in [3.8, 4) is 11.5 Å². The van der Waals surface area contributed by atoms with Gasteiger partial charge in [0.15, 0.2) is 5.78 Å². The first-order chi connectivity index (χ1) is 21.9. The van der Waals surface area contributed by atoms with E-state index in [4.69, 9.17) is 14.5 Å². The maximum absolute atomic E-state index is 13.4. The highest BCUT2D eigenvalue weighted by atomic mass is 16.5. The third-order valence-corrected chi connectivity index (χ3v) is 9.24. The number of carbonyl (C=O) groups is 2. The molecule has 0 unspecified atom stereocenters. The Morgan fingerprint density at radius 2 is 1.44 bits per heavy atom. The zero-order valence-corrected chi connectivity index (χ0v) is 27.1. The molecular weight excluding hydrogens is 564 g/mol. The Bertz CT molecular complexity index is 1440. The predicted molar refractivity (Wildman–Crippen MR) is 178 cm³/mol. The average molecular weight is 611 g/mol. The van der Waals surface area contributed by atoms with Gasteiger partial charge in [0, 0.05) is 63.5 Å². The summed E-state index contributed by atoms with van der Waals surface area (Å²) in [6.07, 6.45) is 8.28. The summed E-state index contributed by atoms with van der Waals surface area (Å²) in [6.45, 7) is 6.53. The number of hydrogen-bond acceptors (Lipinski definition) is 7. The molecule has 0 saturated carbocycles. The second-order valence-corrected chi connectivity index (χ2v) is 12.1. The SMILES string of the molecule is CC/C=C(/c1ccc(C(=O)N(C)C2CCN(Cc3ccc(OC)cc3)CC2)cn1)N1CCC(C(=O)c2ccc(OC)cc2)CC1. The van der Waals surface area contributed by atoms with Crippen LogP contribution < -0.4 is 9.47 Å². The predicted octanol–water partition coefficient (Wildman–Crippen LogP) is 6.18. The number of rotatable bonds is 11. The number of pyridine rings is 1. The molecule has 2 fully saturated rings. The number of amides is 1. The first kappa shape index (κ1) is 32.2. The van der Waals surface area contributed by atoms with Gasteiger partial charge in [-0.3, -0.25) is 19.5 Å². The fourth-order valence-corrected chi connectivity index (χ4v) is 6.46. The molecule has 0 bridgehead atoms. The molecule has 2 aromatic carbocycles. The summed E-state index contributed by atoms with van der Waals surface area (Å²) in [4.78, 5) is 38.0. The lowest BCUT2D eigenvalue weighted by Gasteiger charge is -2.37. The lowest BCUT2D eigenvalue weighted by Crippen LogP contribution is -2.45. The summed E-state index contributed by atoms with van der Waals surface area (Å²) in [5, 5.41) is 0. The van der Waals surface area contributed by atoms with Gasteiger partial charge in [-0.2, -0.15) is 0 Å². The van der Waals surface area contributed by atoms with Gasteiger partial charge in [0.25, 0.3) is 5.91 Å². The van der Waals surface area contributed by atoms with Crippen LogP contribution in [-0.4, -0.2) is 84.9 Å². The fraction of sp³-hybridized carbons (Fsp3) is 0.432. The number of ketones is 1. The number of methoxy groups -OCH3 is 2. The minimum atomic E-state index is 0.00956. The number of aromatic nitrogens is 1. The Labute approximate surface area is 267 Å². The highest BCUT2D eigenvalue weighted by Gasteiger charge is 2.29. The van der Waals surface area contributed by atoms with Crippen molar-refractivity contribution in [2.75, 3.05) is 47.4 Å². The molecule has 1 amide bonds. The molecule has 0 N–H and O–H groups in total. The first-order valence-electron chi connectivity index (χ1n) is 16.1. The molecule has 45 heavy (non-hydrogen) atoms. The molecule has 0 aliphatic carbocycles. The van der Waals surface area contributed by atoms with Gasteiger partial charge in [0.1, 0.15) is 11.5 Å². The van der Waals surface area contributed by atoms with Crippen LogP contribution in [0.2, 0.25) is 0 Å². The number of allylic oxidation sites excluding steroid dienone is 1. The fourth-order valence-electron chi connectivity index (χ4n) is 6.46. The monoisotopic (exact) mass is 610 g/mol. The van der Waals surface area contributed by atoms with Gasteiger partial charge in [-0.05, 0) is 86.2 Å². The van der Waals surface area contributed by atoms with Gasteiger partial charge in [-0.25, -0.2) is 0 Å². The van der Waals surface area contributed by atoms with Crippen LogP contribution in [0.1, 0.15) is 71.0 Å². The molecule has 0 radical (unpaired) electrons. The minimum Gasteiger partial charge on any atom is -0.497 e. The second kappa shape index (κ2) is 15.2. The van der Waals surface area contributed by atoms with Crippen LogP contribution in [-0.2, 0) is 6.54 Å². The summed E-state index contributed by atoms with van der Waals surface area (Å²) >= 11 is 0. The number of piperidine rings is 2. The number of Topliss-reactive ketones (excluding diaryl/α,β-unsaturated/α-hetero) is 1. The van der Waals surface area contributed by atoms with Crippen LogP contribution in [0.4, 0.5) is 0 Å². The van der Waals surface area contributed by atoms with E-state index in [-0.39, 0.29) is 23.7 Å². The molecule has 3 aromatic rings. The Hall–Kier alpha value is -4.17. The molecule has 2 saturated heterocycles. The highest BCUT2D eigenvalue weighted by molar-refractivity contribution is 5.98. The van der Waals surface area contributed by atoms with Crippen molar-refractivity contribution >= 4 is 17.4 Å². The van der Waals surface area contributed by atoms with E-state index in [9.17, 15) is 9.59 Å². The van der Waals surface area contributed by atoms with E-state index >= 15 is 0 Å². The molecule has 1 aromatic heterocycles. The number of ether oxygens (including phenoxy) is 2. The van der Waals surface area contributed by atoms with Gasteiger partial charge >= 0.3 is 0 Å². The molecule has 0 atom stereocenters. The van der Waals surface area contributed by atoms with Crippen molar-refractivity contribution in [3.63, 3.8) is 0 Å². The molecule has 238 valence electrons. The van der Waals surface area contributed by atoms with Crippen LogP contribution in [0.3, 0.4) is 0 Å². The number of nitrogens with zero attached hydrogens (tertiary/aromatic N) is 4. The molecule has 3 heterocycles. The topological polar surface area (TPSA) is 75.2 Å². The van der Waals surface area contributed by atoms with Gasteiger partial charge in [0.05, 0.1) is 31.2 Å². The first-order valence-corrected chi connectivity index (χ1v) is 16.1. The molecule has 8 heteroatoms. The Morgan fingerprint density at radius 1 is 0.844 bits per heavy atom. The summed E-state index contributed by atoms with van der Waals surface area (Å²) in [5.41, 5.74) is 4.56. The van der Waals surface area contributed by atoms with Gasteiger partial charge in [-0.15, -0.1) is 0 Å². The quantitative estimate of drug-likeness (QED) is 0.240. The molecule has 2 aliphatic rings. The number of hydrogen-bond donors (Lipinski definition) is 0. The van der Waals surface area contributed by atoms with Crippen molar-refractivity contribution < 1.29 is 19.1 Å². The lowest BCUT2D eigenvalue weighted by molar-refractivity contribution is 0.0636. The lowest BCUT2D eigenvalue weighted by atomic mass is 9.88. The van der Waals surface area contributed by atoms with Crippen LogP contribution in [0.5, 0.6) is 11.5 Å². The molecule has 0 spiro atoms. The largest absolute Gasteiger partial charge is 0.497 e. The highest BCUT2D eigenvalue weighted by Crippen LogP contribution is 2.29.